The number of rotatable bonds is 6. The van der Waals surface area contributed by atoms with Crippen LogP contribution >= 0.6 is 0 Å². The molecule has 0 fully saturated rings. The highest BCUT2D eigenvalue weighted by molar-refractivity contribution is 5.76. The maximum absolute atomic E-state index is 12.8. The Morgan fingerprint density at radius 2 is 1.50 bits per heavy atom. The summed E-state index contributed by atoms with van der Waals surface area (Å²) < 4.78 is 82.0. The number of carbonyl (C=O) groups excluding carboxylic acids is 1. The highest BCUT2D eigenvalue weighted by Gasteiger charge is 2.38. The van der Waals surface area contributed by atoms with Crippen LogP contribution in [0.2, 0.25) is 0 Å². The summed E-state index contributed by atoms with van der Waals surface area (Å²) in [5.41, 5.74) is 1.21. The molecule has 0 radical (unpaired) electrons. The third-order valence-electron chi connectivity index (χ3n) is 3.82. The topological polar surface area (TPSA) is 52.3 Å². The second-order valence-electron chi connectivity index (χ2n) is 6.85. The van der Waals surface area contributed by atoms with Gasteiger partial charge in [-0.3, -0.25) is 4.79 Å². The molecule has 0 aliphatic heterocycles. The molecule has 1 unspecified atom stereocenters. The number of hydrogen-bond acceptors (Lipinski definition) is 3. The van der Waals surface area contributed by atoms with E-state index in [1.807, 2.05) is 13.8 Å². The standard InChI is InChI=1S/C17H21F6NO2/c1-10(2)7-15(3,9-24)14(25)26-8-11-4-12(16(18,19)20)6-13(5-11)17(21,22)23/h4-6,10H,7-9,24H2,1-3H3. The number of halogens is 6. The fourth-order valence-electron chi connectivity index (χ4n) is 2.58. The van der Waals surface area contributed by atoms with E-state index in [1.165, 1.54) is 0 Å². The van der Waals surface area contributed by atoms with Crippen molar-refractivity contribution in [3.8, 4) is 0 Å². The summed E-state index contributed by atoms with van der Waals surface area (Å²) in [5, 5.41) is 0. The van der Waals surface area contributed by atoms with Crippen molar-refractivity contribution < 1.29 is 35.9 Å². The zero-order valence-corrected chi connectivity index (χ0v) is 14.6. The van der Waals surface area contributed by atoms with E-state index in [0.29, 0.717) is 18.6 Å². The van der Waals surface area contributed by atoms with E-state index in [1.54, 1.807) is 6.92 Å². The predicted octanol–water partition coefficient (Wildman–Crippen LogP) is 4.78. The van der Waals surface area contributed by atoms with Crippen molar-refractivity contribution in [2.45, 2.75) is 46.2 Å². The minimum atomic E-state index is -4.95. The zero-order chi connectivity index (χ0) is 20.3. The minimum Gasteiger partial charge on any atom is -0.460 e. The van der Waals surface area contributed by atoms with Gasteiger partial charge in [0.15, 0.2) is 0 Å². The molecule has 1 aromatic rings. The third kappa shape index (κ3) is 5.89. The molecular weight excluding hydrogens is 364 g/mol. The van der Waals surface area contributed by atoms with E-state index < -0.39 is 47.0 Å². The van der Waals surface area contributed by atoms with Crippen LogP contribution in [-0.2, 0) is 28.5 Å². The van der Waals surface area contributed by atoms with E-state index in [9.17, 15) is 31.1 Å². The van der Waals surface area contributed by atoms with Gasteiger partial charge in [-0.2, -0.15) is 26.3 Å². The van der Waals surface area contributed by atoms with Gasteiger partial charge in [0.2, 0.25) is 0 Å². The first kappa shape index (κ1) is 22.3. The van der Waals surface area contributed by atoms with Gasteiger partial charge in [-0.1, -0.05) is 13.8 Å². The molecule has 1 rings (SSSR count). The molecule has 0 aromatic heterocycles. The molecule has 0 saturated heterocycles. The minimum absolute atomic E-state index is 0.0219. The summed E-state index contributed by atoms with van der Waals surface area (Å²) in [6, 6.07) is 1.09. The number of nitrogens with two attached hydrogens (primary N) is 1. The van der Waals surface area contributed by atoms with Crippen molar-refractivity contribution in [3.63, 3.8) is 0 Å². The van der Waals surface area contributed by atoms with E-state index in [2.05, 4.69) is 0 Å². The van der Waals surface area contributed by atoms with E-state index in [-0.39, 0.29) is 18.5 Å². The molecular formula is C17H21F6NO2. The Kier molecular flexibility index (Phi) is 6.73. The Balaban J connectivity index is 3.07. The smallest absolute Gasteiger partial charge is 0.416 e. The van der Waals surface area contributed by atoms with Crippen LogP contribution in [0.4, 0.5) is 26.3 Å². The summed E-state index contributed by atoms with van der Waals surface area (Å²) in [4.78, 5) is 12.2. The summed E-state index contributed by atoms with van der Waals surface area (Å²) >= 11 is 0. The zero-order valence-electron chi connectivity index (χ0n) is 14.6. The number of alkyl halides is 6. The van der Waals surface area contributed by atoms with Crippen LogP contribution in [-0.4, -0.2) is 12.5 Å². The first-order valence-electron chi connectivity index (χ1n) is 7.84. The largest absolute Gasteiger partial charge is 0.460 e. The SMILES string of the molecule is CC(C)CC(C)(CN)C(=O)OCc1cc(C(F)(F)F)cc(C(F)(F)F)c1. The van der Waals surface area contributed by atoms with Crippen LogP contribution in [0.1, 0.15) is 43.9 Å². The van der Waals surface area contributed by atoms with Crippen molar-refractivity contribution in [2.24, 2.45) is 17.1 Å². The molecule has 1 atom stereocenters. The van der Waals surface area contributed by atoms with Gasteiger partial charge in [0.05, 0.1) is 16.5 Å². The lowest BCUT2D eigenvalue weighted by atomic mass is 9.82. The number of esters is 1. The molecule has 0 saturated carbocycles. The maximum Gasteiger partial charge on any atom is 0.416 e. The van der Waals surface area contributed by atoms with Gasteiger partial charge in [-0.05, 0) is 43.0 Å². The molecule has 9 heteroatoms. The average molecular weight is 385 g/mol. The first-order valence-corrected chi connectivity index (χ1v) is 7.84. The third-order valence-corrected chi connectivity index (χ3v) is 3.82. The van der Waals surface area contributed by atoms with Crippen molar-refractivity contribution in [1.82, 2.24) is 0 Å². The highest BCUT2D eigenvalue weighted by atomic mass is 19.4. The predicted molar refractivity (Wildman–Crippen MR) is 82.9 cm³/mol. The number of hydrogen-bond donors (Lipinski definition) is 1. The Labute approximate surface area is 147 Å². The monoisotopic (exact) mass is 385 g/mol. The fraction of sp³-hybridized carbons (Fsp3) is 0.588. The van der Waals surface area contributed by atoms with Crippen molar-refractivity contribution in [2.75, 3.05) is 6.54 Å². The van der Waals surface area contributed by atoms with Crippen LogP contribution in [0.25, 0.3) is 0 Å². The summed E-state index contributed by atoms with van der Waals surface area (Å²) in [6.07, 6.45) is -9.54. The van der Waals surface area contributed by atoms with Gasteiger partial charge in [-0.15, -0.1) is 0 Å². The molecule has 0 amide bonds. The molecule has 3 nitrogen and oxygen atoms in total. The van der Waals surface area contributed by atoms with Crippen LogP contribution in [0.5, 0.6) is 0 Å². The summed E-state index contributed by atoms with van der Waals surface area (Å²) in [5.74, 6) is -0.666. The molecule has 0 bridgehead atoms. The Morgan fingerprint density at radius 3 is 1.85 bits per heavy atom. The van der Waals surface area contributed by atoms with Crippen molar-refractivity contribution >= 4 is 5.97 Å². The van der Waals surface area contributed by atoms with Crippen LogP contribution in [0, 0.1) is 11.3 Å². The number of benzene rings is 1. The molecule has 0 spiro atoms. The Hall–Kier alpha value is -1.77. The van der Waals surface area contributed by atoms with Crippen LogP contribution in [0.15, 0.2) is 18.2 Å². The maximum atomic E-state index is 12.8. The van der Waals surface area contributed by atoms with Gasteiger partial charge in [0, 0.05) is 6.54 Å². The molecule has 0 heterocycles. The second-order valence-corrected chi connectivity index (χ2v) is 6.85. The lowest BCUT2D eigenvalue weighted by Crippen LogP contribution is -2.38. The lowest BCUT2D eigenvalue weighted by Gasteiger charge is -2.27. The van der Waals surface area contributed by atoms with Gasteiger partial charge in [-0.25, -0.2) is 0 Å². The highest BCUT2D eigenvalue weighted by Crippen LogP contribution is 2.36. The van der Waals surface area contributed by atoms with E-state index in [0.717, 1.165) is 0 Å². The quantitative estimate of drug-likeness (QED) is 0.567. The molecule has 26 heavy (non-hydrogen) atoms. The van der Waals surface area contributed by atoms with Gasteiger partial charge in [0.25, 0.3) is 0 Å². The number of ether oxygens (including phenoxy) is 1. The van der Waals surface area contributed by atoms with Crippen molar-refractivity contribution in [3.05, 3.63) is 34.9 Å². The number of carbonyl (C=O) groups is 1. The van der Waals surface area contributed by atoms with Crippen molar-refractivity contribution in [1.29, 1.82) is 0 Å². The second kappa shape index (κ2) is 7.85. The molecule has 0 aliphatic rings. The first-order chi connectivity index (χ1) is 11.7. The van der Waals surface area contributed by atoms with Gasteiger partial charge < -0.3 is 10.5 Å². The normalized spacial score (nSPS) is 15.0. The lowest BCUT2D eigenvalue weighted by molar-refractivity contribution is -0.156. The molecule has 1 aromatic carbocycles. The van der Waals surface area contributed by atoms with E-state index in [4.69, 9.17) is 10.5 Å². The Morgan fingerprint density at radius 1 is 1.04 bits per heavy atom. The molecule has 0 aliphatic carbocycles. The summed E-state index contributed by atoms with van der Waals surface area (Å²) in [6.45, 7) is 4.48. The average Bonchev–Trinajstić information content (AvgIpc) is 2.49. The molecule has 2 N–H and O–H groups in total. The fourth-order valence-corrected chi connectivity index (χ4v) is 2.58. The summed E-state index contributed by atoms with van der Waals surface area (Å²) in [7, 11) is 0. The van der Waals surface area contributed by atoms with Crippen LogP contribution in [0.3, 0.4) is 0 Å². The Bertz CT molecular complexity index is 607. The molecule has 148 valence electrons. The van der Waals surface area contributed by atoms with E-state index >= 15 is 0 Å². The van der Waals surface area contributed by atoms with Gasteiger partial charge in [0.1, 0.15) is 6.61 Å². The van der Waals surface area contributed by atoms with Gasteiger partial charge >= 0.3 is 18.3 Å². The van der Waals surface area contributed by atoms with Crippen LogP contribution < -0.4 is 5.73 Å².